The van der Waals surface area contributed by atoms with Gasteiger partial charge in [0.1, 0.15) is 0 Å². The average Bonchev–Trinajstić information content (AvgIpc) is 2.29. The van der Waals surface area contributed by atoms with Crippen LogP contribution in [0.2, 0.25) is 0 Å². The van der Waals surface area contributed by atoms with Crippen molar-refractivity contribution in [1.82, 2.24) is 0 Å². The van der Waals surface area contributed by atoms with Crippen LogP contribution < -0.4 is 9.47 Å². The molecular weight excluding hydrogens is 272 g/mol. The van der Waals surface area contributed by atoms with Crippen molar-refractivity contribution in [3.05, 3.63) is 22.2 Å². The summed E-state index contributed by atoms with van der Waals surface area (Å²) in [4.78, 5) is 0. The lowest BCUT2D eigenvalue weighted by Crippen LogP contribution is -2.01. The zero-order valence-corrected chi connectivity index (χ0v) is 11.2. The molecule has 0 spiro atoms. The smallest absolute Gasteiger partial charge is 0.162 e. The Kier molecular flexibility index (Phi) is 5.63. The fourth-order valence-electron chi connectivity index (χ4n) is 1.29. The van der Waals surface area contributed by atoms with Crippen LogP contribution in [-0.4, -0.2) is 18.3 Å². The highest BCUT2D eigenvalue weighted by atomic mass is 79.9. The van der Waals surface area contributed by atoms with Gasteiger partial charge >= 0.3 is 0 Å². The Hall–Kier alpha value is -0.740. The van der Waals surface area contributed by atoms with Gasteiger partial charge in [-0.2, -0.15) is 0 Å². The lowest BCUT2D eigenvalue weighted by molar-refractivity contribution is 0.268. The van der Waals surface area contributed by atoms with Gasteiger partial charge in [0.15, 0.2) is 11.5 Å². The van der Waals surface area contributed by atoms with Gasteiger partial charge in [0, 0.05) is 4.47 Å². The van der Waals surface area contributed by atoms with Gasteiger partial charge in [-0.3, -0.25) is 0 Å². The standard InChI is InChI=1S/C12H17BrO3/c1-3-5-16-12-7-10(13)9(8-14)6-11(12)15-4-2/h6-7,14H,3-5,8H2,1-2H3. The molecule has 90 valence electrons. The van der Waals surface area contributed by atoms with Gasteiger partial charge in [0.05, 0.1) is 19.8 Å². The number of aliphatic hydroxyl groups excluding tert-OH is 1. The molecule has 0 atom stereocenters. The lowest BCUT2D eigenvalue weighted by atomic mass is 10.2. The Labute approximate surface area is 105 Å². The predicted octanol–water partition coefficient (Wildman–Crippen LogP) is 3.13. The molecule has 1 aromatic carbocycles. The Morgan fingerprint density at radius 2 is 1.88 bits per heavy atom. The van der Waals surface area contributed by atoms with Crippen molar-refractivity contribution in [1.29, 1.82) is 0 Å². The maximum absolute atomic E-state index is 9.15. The van der Waals surface area contributed by atoms with E-state index in [-0.39, 0.29) is 6.61 Å². The van der Waals surface area contributed by atoms with Gasteiger partial charge in [-0.1, -0.05) is 22.9 Å². The highest BCUT2D eigenvalue weighted by Gasteiger charge is 2.09. The summed E-state index contributed by atoms with van der Waals surface area (Å²) in [5.41, 5.74) is 0.798. The van der Waals surface area contributed by atoms with Gasteiger partial charge < -0.3 is 14.6 Å². The van der Waals surface area contributed by atoms with Crippen molar-refractivity contribution in [2.75, 3.05) is 13.2 Å². The van der Waals surface area contributed by atoms with Crippen LogP contribution in [0.4, 0.5) is 0 Å². The molecule has 4 heteroatoms. The average molecular weight is 289 g/mol. The fraction of sp³-hybridized carbons (Fsp3) is 0.500. The summed E-state index contributed by atoms with van der Waals surface area (Å²) in [6.45, 7) is 5.19. The number of ether oxygens (including phenoxy) is 2. The summed E-state index contributed by atoms with van der Waals surface area (Å²) in [7, 11) is 0. The molecule has 0 aliphatic rings. The first kappa shape index (κ1) is 13.3. The summed E-state index contributed by atoms with van der Waals surface area (Å²) in [5.74, 6) is 1.40. The fourth-order valence-corrected chi connectivity index (χ4v) is 1.74. The zero-order chi connectivity index (χ0) is 12.0. The minimum Gasteiger partial charge on any atom is -0.490 e. The molecule has 1 N–H and O–H groups in total. The van der Waals surface area contributed by atoms with E-state index in [9.17, 15) is 0 Å². The van der Waals surface area contributed by atoms with Crippen molar-refractivity contribution in [3.63, 3.8) is 0 Å². The summed E-state index contributed by atoms with van der Waals surface area (Å²) in [6.07, 6.45) is 0.949. The molecule has 0 aliphatic heterocycles. The third kappa shape index (κ3) is 3.39. The number of hydrogen-bond donors (Lipinski definition) is 1. The van der Waals surface area contributed by atoms with Crippen LogP contribution >= 0.6 is 15.9 Å². The second kappa shape index (κ2) is 6.76. The minimum absolute atomic E-state index is 0.0191. The van der Waals surface area contributed by atoms with Crippen LogP contribution in [0.5, 0.6) is 11.5 Å². The van der Waals surface area contributed by atoms with Crippen molar-refractivity contribution in [3.8, 4) is 11.5 Å². The third-order valence-electron chi connectivity index (χ3n) is 2.04. The van der Waals surface area contributed by atoms with E-state index in [1.807, 2.05) is 13.0 Å². The number of halogens is 1. The minimum atomic E-state index is -0.0191. The molecule has 0 amide bonds. The van der Waals surface area contributed by atoms with Crippen molar-refractivity contribution in [2.24, 2.45) is 0 Å². The van der Waals surface area contributed by atoms with Gasteiger partial charge in [0.2, 0.25) is 0 Å². The molecule has 16 heavy (non-hydrogen) atoms. The third-order valence-corrected chi connectivity index (χ3v) is 2.78. The predicted molar refractivity (Wildman–Crippen MR) is 67.0 cm³/mol. The highest BCUT2D eigenvalue weighted by molar-refractivity contribution is 9.10. The molecule has 0 radical (unpaired) electrons. The molecule has 0 fully saturated rings. The van der Waals surface area contributed by atoms with E-state index in [4.69, 9.17) is 14.6 Å². The summed E-state index contributed by atoms with van der Waals surface area (Å²) in [5, 5.41) is 9.15. The van der Waals surface area contributed by atoms with Crippen LogP contribution in [0, 0.1) is 0 Å². The highest BCUT2D eigenvalue weighted by Crippen LogP contribution is 2.33. The Morgan fingerprint density at radius 3 is 2.44 bits per heavy atom. The van der Waals surface area contributed by atoms with Crippen molar-refractivity contribution < 1.29 is 14.6 Å². The molecule has 1 rings (SSSR count). The lowest BCUT2D eigenvalue weighted by Gasteiger charge is -2.13. The summed E-state index contributed by atoms with van der Waals surface area (Å²) >= 11 is 3.39. The molecule has 0 aliphatic carbocycles. The number of rotatable bonds is 6. The monoisotopic (exact) mass is 288 g/mol. The first-order valence-corrected chi connectivity index (χ1v) is 6.21. The number of hydrogen-bond acceptors (Lipinski definition) is 3. The van der Waals surface area contributed by atoms with Crippen molar-refractivity contribution in [2.45, 2.75) is 26.9 Å². The normalized spacial score (nSPS) is 10.2. The van der Waals surface area contributed by atoms with Crippen molar-refractivity contribution >= 4 is 15.9 Å². The molecule has 0 saturated heterocycles. The second-order valence-electron chi connectivity index (χ2n) is 3.33. The van der Waals surface area contributed by atoms with Gasteiger partial charge in [-0.15, -0.1) is 0 Å². The van der Waals surface area contributed by atoms with E-state index in [1.165, 1.54) is 0 Å². The van der Waals surface area contributed by atoms with E-state index >= 15 is 0 Å². The van der Waals surface area contributed by atoms with Crippen LogP contribution in [0.25, 0.3) is 0 Å². The van der Waals surface area contributed by atoms with Gasteiger partial charge in [0.25, 0.3) is 0 Å². The SMILES string of the molecule is CCCOc1cc(Br)c(CO)cc1OCC. The van der Waals surface area contributed by atoms with Gasteiger partial charge in [-0.25, -0.2) is 0 Å². The maximum atomic E-state index is 9.15. The number of benzene rings is 1. The molecular formula is C12H17BrO3. The van der Waals surface area contributed by atoms with Crippen LogP contribution in [0.3, 0.4) is 0 Å². The largest absolute Gasteiger partial charge is 0.490 e. The zero-order valence-electron chi connectivity index (χ0n) is 9.62. The van der Waals surface area contributed by atoms with Crippen LogP contribution in [0.15, 0.2) is 16.6 Å². The Balaban J connectivity index is 2.98. The Bertz CT molecular complexity index is 339. The molecule has 0 heterocycles. The molecule has 0 bridgehead atoms. The van der Waals surface area contributed by atoms with Crippen LogP contribution in [0.1, 0.15) is 25.8 Å². The van der Waals surface area contributed by atoms with Gasteiger partial charge in [-0.05, 0) is 31.0 Å². The topological polar surface area (TPSA) is 38.7 Å². The van der Waals surface area contributed by atoms with E-state index < -0.39 is 0 Å². The van der Waals surface area contributed by atoms with E-state index in [2.05, 4.69) is 22.9 Å². The number of aliphatic hydroxyl groups is 1. The second-order valence-corrected chi connectivity index (χ2v) is 4.18. The first-order chi connectivity index (χ1) is 7.72. The molecule has 1 aromatic rings. The molecule has 0 unspecified atom stereocenters. The molecule has 0 saturated carbocycles. The molecule has 3 nitrogen and oxygen atoms in total. The van der Waals surface area contributed by atoms with E-state index in [0.717, 1.165) is 16.5 Å². The Morgan fingerprint density at radius 1 is 1.19 bits per heavy atom. The first-order valence-electron chi connectivity index (χ1n) is 5.41. The van der Waals surface area contributed by atoms with Crippen LogP contribution in [-0.2, 0) is 6.61 Å². The molecule has 0 aromatic heterocycles. The van der Waals surface area contributed by atoms with E-state index in [0.29, 0.717) is 24.7 Å². The van der Waals surface area contributed by atoms with E-state index in [1.54, 1.807) is 6.07 Å². The summed E-state index contributed by atoms with van der Waals surface area (Å²) in [6, 6.07) is 3.64. The summed E-state index contributed by atoms with van der Waals surface area (Å²) < 4.78 is 11.9. The quantitative estimate of drug-likeness (QED) is 0.874. The maximum Gasteiger partial charge on any atom is 0.162 e.